The Morgan fingerprint density at radius 1 is 0.917 bits per heavy atom. The molecule has 36 heavy (non-hydrogen) atoms. The molecule has 3 aromatic carbocycles. The molecule has 4 rings (SSSR count). The zero-order chi connectivity index (χ0) is 25.5. The number of rotatable bonds is 9. The van der Waals surface area contributed by atoms with E-state index in [2.05, 4.69) is 10.2 Å². The maximum absolute atomic E-state index is 13.4. The molecule has 1 heterocycles. The number of nitrogens with zero attached hydrogens (tertiary/aromatic N) is 2. The van der Waals surface area contributed by atoms with Crippen LogP contribution in [0.5, 0.6) is 0 Å². The minimum Gasteiger partial charge on any atom is -0.379 e. The largest absolute Gasteiger partial charge is 0.379 e. The van der Waals surface area contributed by atoms with Gasteiger partial charge in [0.25, 0.3) is 10.0 Å². The normalized spacial score (nSPS) is 14.4. The summed E-state index contributed by atoms with van der Waals surface area (Å²) in [4.78, 5) is 15.3. The molecule has 0 saturated carbocycles. The SMILES string of the molecule is O=C(CN(c1cccc(Cl)c1Cl)S(=O)(=O)c1ccccc1)NCc1ccc(CN2CCOCC2)cc1. The Morgan fingerprint density at radius 2 is 1.58 bits per heavy atom. The van der Waals surface area contributed by atoms with Crippen molar-refractivity contribution in [2.45, 2.75) is 18.0 Å². The molecule has 0 aromatic heterocycles. The summed E-state index contributed by atoms with van der Waals surface area (Å²) < 4.78 is 33.3. The average molecular weight is 548 g/mol. The summed E-state index contributed by atoms with van der Waals surface area (Å²) in [5.74, 6) is -0.469. The van der Waals surface area contributed by atoms with Crippen molar-refractivity contribution in [3.8, 4) is 0 Å². The molecule has 3 aromatic rings. The van der Waals surface area contributed by atoms with Gasteiger partial charge >= 0.3 is 0 Å². The summed E-state index contributed by atoms with van der Waals surface area (Å²) >= 11 is 12.5. The van der Waals surface area contributed by atoms with Crippen LogP contribution in [0, 0.1) is 0 Å². The van der Waals surface area contributed by atoms with Crippen LogP contribution < -0.4 is 9.62 Å². The number of benzene rings is 3. The molecule has 1 N–H and O–H groups in total. The first-order valence-electron chi connectivity index (χ1n) is 11.5. The highest BCUT2D eigenvalue weighted by Crippen LogP contribution is 2.35. The number of hydrogen-bond donors (Lipinski definition) is 1. The Kier molecular flexibility index (Phi) is 8.87. The van der Waals surface area contributed by atoms with Crippen LogP contribution in [0.25, 0.3) is 0 Å². The lowest BCUT2D eigenvalue weighted by Gasteiger charge is -2.26. The number of anilines is 1. The van der Waals surface area contributed by atoms with Crippen LogP contribution in [0.3, 0.4) is 0 Å². The zero-order valence-electron chi connectivity index (χ0n) is 19.6. The first-order chi connectivity index (χ1) is 17.3. The van der Waals surface area contributed by atoms with E-state index in [-0.39, 0.29) is 27.2 Å². The number of carbonyl (C=O) groups is 1. The van der Waals surface area contributed by atoms with Gasteiger partial charge in [-0.05, 0) is 35.4 Å². The van der Waals surface area contributed by atoms with E-state index in [0.29, 0.717) is 0 Å². The molecule has 0 bridgehead atoms. The number of hydrogen-bond acceptors (Lipinski definition) is 5. The Bertz CT molecular complexity index is 1280. The van der Waals surface area contributed by atoms with Crippen molar-refractivity contribution in [1.29, 1.82) is 0 Å². The fourth-order valence-electron chi connectivity index (χ4n) is 3.87. The summed E-state index contributed by atoms with van der Waals surface area (Å²) in [5.41, 5.74) is 2.23. The minimum atomic E-state index is -4.08. The number of halogens is 2. The third-order valence-electron chi connectivity index (χ3n) is 5.84. The van der Waals surface area contributed by atoms with Crippen molar-refractivity contribution < 1.29 is 17.9 Å². The van der Waals surface area contributed by atoms with E-state index in [0.717, 1.165) is 42.7 Å². The van der Waals surface area contributed by atoms with Gasteiger partial charge in [0.05, 0.1) is 33.8 Å². The quantitative estimate of drug-likeness (QED) is 0.431. The molecule has 0 spiro atoms. The molecule has 0 radical (unpaired) electrons. The van der Waals surface area contributed by atoms with Gasteiger partial charge in [0.15, 0.2) is 0 Å². The summed E-state index contributed by atoms with van der Waals surface area (Å²) in [6.07, 6.45) is 0. The van der Waals surface area contributed by atoms with Gasteiger partial charge in [0.2, 0.25) is 5.91 Å². The molecule has 1 saturated heterocycles. The highest BCUT2D eigenvalue weighted by Gasteiger charge is 2.29. The van der Waals surface area contributed by atoms with Crippen LogP contribution in [-0.2, 0) is 32.6 Å². The van der Waals surface area contributed by atoms with E-state index in [1.54, 1.807) is 30.3 Å². The Labute approximate surface area is 221 Å². The molecular weight excluding hydrogens is 521 g/mol. The number of sulfonamides is 1. The number of ether oxygens (including phenoxy) is 1. The summed E-state index contributed by atoms with van der Waals surface area (Å²) in [7, 11) is -4.08. The number of amides is 1. The van der Waals surface area contributed by atoms with Crippen molar-refractivity contribution in [1.82, 2.24) is 10.2 Å². The van der Waals surface area contributed by atoms with Crippen LogP contribution in [0.1, 0.15) is 11.1 Å². The topological polar surface area (TPSA) is 79.0 Å². The molecule has 0 aliphatic carbocycles. The van der Waals surface area contributed by atoms with E-state index in [1.165, 1.54) is 23.8 Å². The van der Waals surface area contributed by atoms with Gasteiger partial charge in [-0.25, -0.2) is 8.42 Å². The standard InChI is InChI=1S/C26H27Cl2N3O4S/c27-23-7-4-8-24(26(23)28)31(36(33,34)22-5-2-1-3-6-22)19-25(32)29-17-20-9-11-21(12-10-20)18-30-13-15-35-16-14-30/h1-12H,13-19H2,(H,29,32). The Morgan fingerprint density at radius 3 is 2.28 bits per heavy atom. The molecule has 1 fully saturated rings. The lowest BCUT2D eigenvalue weighted by molar-refractivity contribution is -0.119. The third kappa shape index (κ3) is 6.57. The predicted octanol–water partition coefficient (Wildman–Crippen LogP) is 4.34. The van der Waals surface area contributed by atoms with Crippen LogP contribution >= 0.6 is 23.2 Å². The molecular formula is C26H27Cl2N3O4S. The van der Waals surface area contributed by atoms with Gasteiger partial charge in [-0.15, -0.1) is 0 Å². The van der Waals surface area contributed by atoms with Crippen molar-refractivity contribution in [3.63, 3.8) is 0 Å². The maximum Gasteiger partial charge on any atom is 0.264 e. The molecule has 10 heteroatoms. The molecule has 1 aliphatic rings. The van der Waals surface area contributed by atoms with E-state index < -0.39 is 22.5 Å². The second-order valence-electron chi connectivity index (χ2n) is 8.38. The third-order valence-corrected chi connectivity index (χ3v) is 8.42. The Hall–Kier alpha value is -2.62. The van der Waals surface area contributed by atoms with Crippen molar-refractivity contribution in [2.75, 3.05) is 37.2 Å². The van der Waals surface area contributed by atoms with E-state index >= 15 is 0 Å². The van der Waals surface area contributed by atoms with Crippen molar-refractivity contribution in [2.24, 2.45) is 0 Å². The fraction of sp³-hybridized carbons (Fsp3) is 0.269. The minimum absolute atomic E-state index is 0.0460. The fourth-order valence-corrected chi connectivity index (χ4v) is 5.77. The maximum atomic E-state index is 13.4. The van der Waals surface area contributed by atoms with Gasteiger partial charge in [-0.2, -0.15) is 0 Å². The smallest absolute Gasteiger partial charge is 0.264 e. The van der Waals surface area contributed by atoms with E-state index in [1.807, 2.05) is 24.3 Å². The number of nitrogens with one attached hydrogen (secondary N) is 1. The van der Waals surface area contributed by atoms with E-state index in [9.17, 15) is 13.2 Å². The summed E-state index contributed by atoms with van der Waals surface area (Å²) in [5, 5.41) is 3.06. The number of morpholine rings is 1. The van der Waals surface area contributed by atoms with Gasteiger partial charge in [0.1, 0.15) is 6.54 Å². The van der Waals surface area contributed by atoms with Gasteiger partial charge in [-0.3, -0.25) is 14.0 Å². The van der Waals surface area contributed by atoms with E-state index in [4.69, 9.17) is 27.9 Å². The van der Waals surface area contributed by atoms with Crippen molar-refractivity contribution in [3.05, 3.63) is 94.0 Å². The second kappa shape index (κ2) is 12.1. The van der Waals surface area contributed by atoms with Crippen LogP contribution in [-0.4, -0.2) is 52.1 Å². The monoisotopic (exact) mass is 547 g/mol. The molecule has 7 nitrogen and oxygen atoms in total. The summed E-state index contributed by atoms with van der Waals surface area (Å²) in [6, 6.07) is 20.6. The molecule has 190 valence electrons. The predicted molar refractivity (Wildman–Crippen MR) is 142 cm³/mol. The molecule has 0 atom stereocenters. The zero-order valence-corrected chi connectivity index (χ0v) is 21.9. The second-order valence-corrected chi connectivity index (χ2v) is 11.0. The molecule has 1 amide bonds. The lowest BCUT2D eigenvalue weighted by atomic mass is 10.1. The Balaban J connectivity index is 1.45. The van der Waals surface area contributed by atoms with Crippen molar-refractivity contribution >= 4 is 44.8 Å². The van der Waals surface area contributed by atoms with Crippen LogP contribution in [0.2, 0.25) is 10.0 Å². The number of carbonyl (C=O) groups excluding carboxylic acids is 1. The molecule has 1 aliphatic heterocycles. The first kappa shape index (κ1) is 26.4. The van der Waals surface area contributed by atoms with Crippen LogP contribution in [0.15, 0.2) is 77.7 Å². The lowest BCUT2D eigenvalue weighted by Crippen LogP contribution is -2.40. The first-order valence-corrected chi connectivity index (χ1v) is 13.7. The summed E-state index contributed by atoms with van der Waals surface area (Å²) in [6.45, 7) is 3.99. The van der Waals surface area contributed by atoms with Gasteiger partial charge in [-0.1, -0.05) is 71.7 Å². The van der Waals surface area contributed by atoms with Crippen LogP contribution in [0.4, 0.5) is 5.69 Å². The van der Waals surface area contributed by atoms with Gasteiger partial charge in [0, 0.05) is 26.2 Å². The van der Waals surface area contributed by atoms with Gasteiger partial charge < -0.3 is 10.1 Å². The highest BCUT2D eigenvalue weighted by atomic mass is 35.5. The highest BCUT2D eigenvalue weighted by molar-refractivity contribution is 7.92. The molecule has 0 unspecified atom stereocenters. The average Bonchev–Trinajstić information content (AvgIpc) is 2.90.